The molecule has 7 heteroatoms. The van der Waals surface area contributed by atoms with E-state index >= 15 is 0 Å². The first kappa shape index (κ1) is 19.1. The van der Waals surface area contributed by atoms with Gasteiger partial charge in [0.1, 0.15) is 5.82 Å². The Morgan fingerprint density at radius 2 is 1.79 bits per heavy atom. The Kier molecular flexibility index (Phi) is 6.15. The lowest BCUT2D eigenvalue weighted by Gasteiger charge is -2.32. The van der Waals surface area contributed by atoms with E-state index in [1.807, 2.05) is 0 Å². The predicted octanol–water partition coefficient (Wildman–Crippen LogP) is 3.59. The van der Waals surface area contributed by atoms with Crippen LogP contribution in [0.1, 0.15) is 47.5 Å². The van der Waals surface area contributed by atoms with Gasteiger partial charge in [-0.2, -0.15) is 0 Å². The van der Waals surface area contributed by atoms with Gasteiger partial charge >= 0.3 is 0 Å². The summed E-state index contributed by atoms with van der Waals surface area (Å²) in [6.07, 6.45) is 1.07. The fraction of sp³-hybridized carbons (Fsp3) is 0.588. The van der Waals surface area contributed by atoms with Crippen LogP contribution in [-0.4, -0.2) is 42.9 Å². The molecule has 0 radical (unpaired) electrons. The molecule has 0 aliphatic carbocycles. The smallest absolute Gasteiger partial charge is 0.253 e. The van der Waals surface area contributed by atoms with E-state index in [1.54, 1.807) is 6.07 Å². The average Bonchev–Trinajstić information content (AvgIpc) is 2.55. The number of hydrogen-bond acceptors (Lipinski definition) is 2. The number of likely N-dealkylation sites (tertiary alicyclic amines) is 1. The second-order valence-electron chi connectivity index (χ2n) is 6.41. The van der Waals surface area contributed by atoms with Crippen LogP contribution >= 0.6 is 12.4 Å². The van der Waals surface area contributed by atoms with Crippen LogP contribution < -0.4 is 5.32 Å². The highest BCUT2D eigenvalue weighted by atomic mass is 35.5. The first-order valence-corrected chi connectivity index (χ1v) is 8.13. The van der Waals surface area contributed by atoms with E-state index in [0.29, 0.717) is 11.1 Å². The molecular weight excluding hydrogens is 341 g/mol. The van der Waals surface area contributed by atoms with E-state index < -0.39 is 5.92 Å². The molecule has 24 heavy (non-hydrogen) atoms. The Bertz CT molecular complexity index is 581. The number of nitrogens with zero attached hydrogens (tertiary/aromatic N) is 1. The third kappa shape index (κ3) is 4.22. The molecule has 0 saturated carbocycles. The minimum Gasteiger partial charge on any atom is -0.338 e. The van der Waals surface area contributed by atoms with E-state index in [1.165, 1.54) is 17.0 Å². The average molecular weight is 363 g/mol. The monoisotopic (exact) mass is 362 g/mol. The Morgan fingerprint density at radius 1 is 1.17 bits per heavy atom. The highest BCUT2D eigenvalue weighted by Crippen LogP contribution is 2.30. The summed E-state index contributed by atoms with van der Waals surface area (Å²) in [5.74, 6) is -3.15. The first-order chi connectivity index (χ1) is 11.0. The van der Waals surface area contributed by atoms with Crippen molar-refractivity contribution >= 4 is 18.3 Å². The molecule has 0 spiro atoms. The van der Waals surface area contributed by atoms with Crippen LogP contribution in [0.2, 0.25) is 0 Å². The van der Waals surface area contributed by atoms with Gasteiger partial charge < -0.3 is 10.2 Å². The van der Waals surface area contributed by atoms with Gasteiger partial charge in [-0.3, -0.25) is 4.79 Å². The Hall–Kier alpha value is -1.27. The van der Waals surface area contributed by atoms with Crippen molar-refractivity contribution < 1.29 is 18.0 Å². The summed E-state index contributed by atoms with van der Waals surface area (Å²) in [4.78, 5) is 13.9. The third-order valence-corrected chi connectivity index (χ3v) is 4.80. The largest absolute Gasteiger partial charge is 0.338 e. The molecule has 0 aromatic heterocycles. The number of hydrogen-bond donors (Lipinski definition) is 1. The molecule has 0 unspecified atom stereocenters. The van der Waals surface area contributed by atoms with Gasteiger partial charge in [0.05, 0.1) is 0 Å². The SMILES string of the molecule is Cl.O=C(c1ccc(F)c(C2CCNCC2)c1)N1CCC(F)(F)CC1. The first-order valence-electron chi connectivity index (χ1n) is 8.13. The van der Waals surface area contributed by atoms with Gasteiger partial charge in [0.2, 0.25) is 0 Å². The van der Waals surface area contributed by atoms with Crippen LogP contribution in [0.3, 0.4) is 0 Å². The summed E-state index contributed by atoms with van der Waals surface area (Å²) in [6.45, 7) is 1.77. The summed E-state index contributed by atoms with van der Waals surface area (Å²) < 4.78 is 40.5. The molecule has 2 heterocycles. The summed E-state index contributed by atoms with van der Waals surface area (Å²) in [6, 6.07) is 4.39. The lowest BCUT2D eigenvalue weighted by atomic mass is 9.88. The van der Waals surface area contributed by atoms with E-state index in [-0.39, 0.29) is 56.0 Å². The second-order valence-corrected chi connectivity index (χ2v) is 6.41. The number of alkyl halides is 2. The molecule has 134 valence electrons. The van der Waals surface area contributed by atoms with Crippen LogP contribution in [-0.2, 0) is 0 Å². The number of carbonyl (C=O) groups is 1. The molecule has 2 aliphatic rings. The summed E-state index contributed by atoms with van der Waals surface area (Å²) >= 11 is 0. The fourth-order valence-electron chi connectivity index (χ4n) is 3.34. The van der Waals surface area contributed by atoms with Crippen LogP contribution in [0.25, 0.3) is 0 Å². The van der Waals surface area contributed by atoms with E-state index in [9.17, 15) is 18.0 Å². The predicted molar refractivity (Wildman–Crippen MR) is 88.6 cm³/mol. The van der Waals surface area contributed by atoms with Crippen molar-refractivity contribution in [1.82, 2.24) is 10.2 Å². The number of piperidine rings is 2. The standard InChI is InChI=1S/C17H21F3N2O.ClH/c18-15-2-1-13(11-14(15)12-3-7-21-8-4-12)16(23)22-9-5-17(19,20)6-10-22;/h1-2,11-12,21H,3-10H2;1H. The van der Waals surface area contributed by atoms with Crippen molar-refractivity contribution in [3.05, 3.63) is 35.1 Å². The molecule has 0 atom stereocenters. The number of carbonyl (C=O) groups excluding carboxylic acids is 1. The number of rotatable bonds is 2. The maximum Gasteiger partial charge on any atom is 0.253 e. The minimum absolute atomic E-state index is 0. The zero-order valence-corrected chi connectivity index (χ0v) is 14.2. The van der Waals surface area contributed by atoms with E-state index in [2.05, 4.69) is 5.32 Å². The van der Waals surface area contributed by atoms with Gasteiger partial charge in [-0.1, -0.05) is 0 Å². The number of halogens is 4. The van der Waals surface area contributed by atoms with Crippen LogP contribution in [0.4, 0.5) is 13.2 Å². The lowest BCUT2D eigenvalue weighted by Crippen LogP contribution is -2.42. The minimum atomic E-state index is -2.68. The van der Waals surface area contributed by atoms with Crippen molar-refractivity contribution in [2.24, 2.45) is 0 Å². The molecule has 2 fully saturated rings. The molecule has 2 saturated heterocycles. The molecular formula is C17H22ClF3N2O. The molecule has 3 rings (SSSR count). The van der Waals surface area contributed by atoms with Crippen LogP contribution in [0, 0.1) is 5.82 Å². The molecule has 1 N–H and O–H groups in total. The molecule has 1 amide bonds. The number of benzene rings is 1. The Balaban J connectivity index is 0.00000208. The number of nitrogens with one attached hydrogen (secondary N) is 1. The van der Waals surface area contributed by atoms with Crippen LogP contribution in [0.15, 0.2) is 18.2 Å². The van der Waals surface area contributed by atoms with E-state index in [4.69, 9.17) is 0 Å². The molecule has 1 aromatic rings. The van der Waals surface area contributed by atoms with Crippen LogP contribution in [0.5, 0.6) is 0 Å². The van der Waals surface area contributed by atoms with Gasteiger partial charge in [-0.05, 0) is 55.6 Å². The van der Waals surface area contributed by atoms with Gasteiger partial charge in [0, 0.05) is 31.5 Å². The molecule has 3 nitrogen and oxygen atoms in total. The fourth-order valence-corrected chi connectivity index (χ4v) is 3.34. The number of amides is 1. The van der Waals surface area contributed by atoms with Crippen molar-refractivity contribution in [1.29, 1.82) is 0 Å². The summed E-state index contributed by atoms with van der Waals surface area (Å²) in [5.41, 5.74) is 0.963. The maximum atomic E-state index is 14.1. The Labute approximate surface area is 146 Å². The van der Waals surface area contributed by atoms with Crippen molar-refractivity contribution in [2.75, 3.05) is 26.2 Å². The van der Waals surface area contributed by atoms with Crippen molar-refractivity contribution in [3.8, 4) is 0 Å². The Morgan fingerprint density at radius 3 is 2.42 bits per heavy atom. The quantitative estimate of drug-likeness (QED) is 0.872. The highest BCUT2D eigenvalue weighted by molar-refractivity contribution is 5.94. The van der Waals surface area contributed by atoms with Crippen molar-refractivity contribution in [2.45, 2.75) is 37.5 Å². The topological polar surface area (TPSA) is 32.3 Å². The third-order valence-electron chi connectivity index (χ3n) is 4.80. The molecule has 1 aromatic carbocycles. The zero-order chi connectivity index (χ0) is 16.4. The zero-order valence-electron chi connectivity index (χ0n) is 13.4. The normalized spacial score (nSPS) is 21.2. The molecule has 2 aliphatic heterocycles. The highest BCUT2D eigenvalue weighted by Gasteiger charge is 2.36. The lowest BCUT2D eigenvalue weighted by molar-refractivity contribution is -0.0494. The van der Waals surface area contributed by atoms with Gasteiger partial charge in [-0.25, -0.2) is 13.2 Å². The summed E-state index contributed by atoms with van der Waals surface area (Å²) in [7, 11) is 0. The molecule has 0 bridgehead atoms. The second kappa shape index (κ2) is 7.74. The van der Waals surface area contributed by atoms with Gasteiger partial charge in [0.15, 0.2) is 0 Å². The maximum absolute atomic E-state index is 14.1. The van der Waals surface area contributed by atoms with Gasteiger partial charge in [-0.15, -0.1) is 12.4 Å². The van der Waals surface area contributed by atoms with Crippen molar-refractivity contribution in [3.63, 3.8) is 0 Å². The van der Waals surface area contributed by atoms with Gasteiger partial charge in [0.25, 0.3) is 11.8 Å². The van der Waals surface area contributed by atoms with E-state index in [0.717, 1.165) is 25.9 Å². The summed E-state index contributed by atoms with van der Waals surface area (Å²) in [5, 5.41) is 3.23.